The highest BCUT2D eigenvalue weighted by Gasteiger charge is 2.21. The summed E-state index contributed by atoms with van der Waals surface area (Å²) in [5.74, 6) is 1.90. The van der Waals surface area contributed by atoms with Crippen molar-refractivity contribution in [1.29, 1.82) is 0 Å². The summed E-state index contributed by atoms with van der Waals surface area (Å²) in [5.41, 5.74) is 3.78. The summed E-state index contributed by atoms with van der Waals surface area (Å²) in [7, 11) is 1.89. The van der Waals surface area contributed by atoms with Crippen LogP contribution < -0.4 is 10.2 Å². The van der Waals surface area contributed by atoms with Crippen molar-refractivity contribution in [3.05, 3.63) is 41.7 Å². The molecule has 98 valence electrons. The van der Waals surface area contributed by atoms with Crippen LogP contribution >= 0.6 is 0 Å². The average molecular weight is 254 g/mol. The zero-order valence-electron chi connectivity index (χ0n) is 11.3. The second kappa shape index (κ2) is 4.88. The molecule has 1 aliphatic heterocycles. The minimum atomic E-state index is 0.896. The fourth-order valence-electron chi connectivity index (χ4n) is 2.72. The molecule has 4 heteroatoms. The molecular weight excluding hydrogens is 236 g/mol. The van der Waals surface area contributed by atoms with Crippen molar-refractivity contribution in [2.45, 2.75) is 19.8 Å². The molecule has 0 amide bonds. The molecule has 2 aromatic rings. The Morgan fingerprint density at radius 2 is 2.05 bits per heavy atom. The maximum Gasteiger partial charge on any atom is 0.141 e. The van der Waals surface area contributed by atoms with E-state index in [0.29, 0.717) is 0 Å². The van der Waals surface area contributed by atoms with Gasteiger partial charge >= 0.3 is 0 Å². The van der Waals surface area contributed by atoms with Crippen LogP contribution in [0.25, 0.3) is 0 Å². The molecule has 2 heterocycles. The van der Waals surface area contributed by atoms with E-state index < -0.39 is 0 Å². The fraction of sp³-hybridized carbons (Fsp3) is 0.333. The van der Waals surface area contributed by atoms with Crippen molar-refractivity contribution < 1.29 is 0 Å². The number of aromatic nitrogens is 2. The molecule has 1 N–H and O–H groups in total. The number of nitrogens with zero attached hydrogens (tertiary/aromatic N) is 3. The van der Waals surface area contributed by atoms with Gasteiger partial charge in [-0.15, -0.1) is 0 Å². The molecule has 1 aliphatic rings. The van der Waals surface area contributed by atoms with Crippen LogP contribution in [-0.2, 0) is 6.42 Å². The smallest absolute Gasteiger partial charge is 0.141 e. The van der Waals surface area contributed by atoms with Crippen molar-refractivity contribution in [1.82, 2.24) is 9.97 Å². The lowest BCUT2D eigenvalue weighted by atomic mass is 10.0. The van der Waals surface area contributed by atoms with Crippen molar-refractivity contribution in [3.8, 4) is 0 Å². The number of benzene rings is 1. The summed E-state index contributed by atoms with van der Waals surface area (Å²) in [6, 6.07) is 8.58. The average Bonchev–Trinajstić information content (AvgIpc) is 2.47. The first-order chi connectivity index (χ1) is 9.31. The van der Waals surface area contributed by atoms with Gasteiger partial charge in [-0.05, 0) is 31.4 Å². The van der Waals surface area contributed by atoms with Gasteiger partial charge in [-0.2, -0.15) is 0 Å². The molecule has 0 saturated carbocycles. The van der Waals surface area contributed by atoms with Crippen LogP contribution in [0.15, 0.2) is 30.6 Å². The molecule has 0 fully saturated rings. The zero-order valence-corrected chi connectivity index (χ0v) is 11.3. The quantitative estimate of drug-likeness (QED) is 0.894. The Kier molecular flexibility index (Phi) is 3.07. The highest BCUT2D eigenvalue weighted by molar-refractivity contribution is 5.70. The van der Waals surface area contributed by atoms with Gasteiger partial charge in [-0.1, -0.05) is 18.2 Å². The van der Waals surface area contributed by atoms with Crippen LogP contribution in [0.1, 0.15) is 17.5 Å². The van der Waals surface area contributed by atoms with Crippen LogP contribution in [-0.4, -0.2) is 23.6 Å². The summed E-state index contributed by atoms with van der Waals surface area (Å²) in [5, 5.41) is 3.12. The van der Waals surface area contributed by atoms with Gasteiger partial charge in [0.05, 0.1) is 0 Å². The molecular formula is C15H18N4. The Labute approximate surface area is 113 Å². The van der Waals surface area contributed by atoms with E-state index in [2.05, 4.69) is 51.4 Å². The summed E-state index contributed by atoms with van der Waals surface area (Å²) in [4.78, 5) is 11.0. The third-order valence-electron chi connectivity index (χ3n) is 3.66. The minimum Gasteiger partial charge on any atom is -0.373 e. The van der Waals surface area contributed by atoms with Gasteiger partial charge < -0.3 is 10.2 Å². The Morgan fingerprint density at radius 3 is 2.89 bits per heavy atom. The number of para-hydroxylation sites is 1. The normalized spacial score (nSPS) is 14.1. The lowest BCUT2D eigenvalue weighted by Crippen LogP contribution is -2.26. The van der Waals surface area contributed by atoms with Gasteiger partial charge in [-0.3, -0.25) is 0 Å². The summed E-state index contributed by atoms with van der Waals surface area (Å²) < 4.78 is 0. The van der Waals surface area contributed by atoms with E-state index in [1.54, 1.807) is 6.33 Å². The minimum absolute atomic E-state index is 0.896. The third kappa shape index (κ3) is 2.03. The number of anilines is 3. The number of hydrogen-bond acceptors (Lipinski definition) is 4. The SMILES string of the molecule is CNc1ncnc(N2CCCc3ccccc32)c1C. The number of rotatable bonds is 2. The van der Waals surface area contributed by atoms with Crippen molar-refractivity contribution in [2.75, 3.05) is 23.8 Å². The molecule has 0 spiro atoms. The summed E-state index contributed by atoms with van der Waals surface area (Å²) in [6.07, 6.45) is 3.94. The molecule has 0 aliphatic carbocycles. The van der Waals surface area contributed by atoms with Gasteiger partial charge in [0.1, 0.15) is 18.0 Å². The van der Waals surface area contributed by atoms with Crippen molar-refractivity contribution >= 4 is 17.3 Å². The van der Waals surface area contributed by atoms with Gasteiger partial charge in [0.2, 0.25) is 0 Å². The van der Waals surface area contributed by atoms with E-state index in [1.165, 1.54) is 11.3 Å². The second-order valence-corrected chi connectivity index (χ2v) is 4.80. The predicted molar refractivity (Wildman–Crippen MR) is 78.1 cm³/mol. The van der Waals surface area contributed by atoms with Gasteiger partial charge in [0.25, 0.3) is 0 Å². The number of aryl methyl sites for hydroxylation is 1. The maximum atomic E-state index is 4.48. The van der Waals surface area contributed by atoms with Crippen LogP contribution in [0.4, 0.5) is 17.3 Å². The monoisotopic (exact) mass is 254 g/mol. The molecule has 4 nitrogen and oxygen atoms in total. The predicted octanol–water partition coefficient (Wildman–Crippen LogP) is 2.91. The Balaban J connectivity index is 2.09. The van der Waals surface area contributed by atoms with Crippen LogP contribution in [0.5, 0.6) is 0 Å². The first-order valence-corrected chi connectivity index (χ1v) is 6.66. The maximum absolute atomic E-state index is 4.48. The number of nitrogens with one attached hydrogen (secondary N) is 1. The van der Waals surface area contributed by atoms with E-state index in [0.717, 1.165) is 36.6 Å². The zero-order chi connectivity index (χ0) is 13.2. The van der Waals surface area contributed by atoms with Crippen LogP contribution in [0.2, 0.25) is 0 Å². The highest BCUT2D eigenvalue weighted by atomic mass is 15.2. The Morgan fingerprint density at radius 1 is 1.21 bits per heavy atom. The van der Waals surface area contributed by atoms with Crippen molar-refractivity contribution in [3.63, 3.8) is 0 Å². The Bertz CT molecular complexity index is 594. The van der Waals surface area contributed by atoms with Gasteiger partial charge in [-0.25, -0.2) is 9.97 Å². The van der Waals surface area contributed by atoms with Crippen LogP contribution in [0, 0.1) is 6.92 Å². The molecule has 1 aromatic heterocycles. The lowest BCUT2D eigenvalue weighted by molar-refractivity contribution is 0.756. The van der Waals surface area contributed by atoms with Crippen LogP contribution in [0.3, 0.4) is 0 Å². The standard InChI is InChI=1S/C15H18N4/c1-11-14(16-2)17-10-18-15(11)19-9-5-7-12-6-3-4-8-13(12)19/h3-4,6,8,10H,5,7,9H2,1-2H3,(H,16,17,18). The molecule has 0 radical (unpaired) electrons. The molecule has 1 aromatic carbocycles. The first-order valence-electron chi connectivity index (χ1n) is 6.66. The summed E-state index contributed by atoms with van der Waals surface area (Å²) in [6.45, 7) is 3.08. The van der Waals surface area contributed by atoms with Crippen molar-refractivity contribution in [2.24, 2.45) is 0 Å². The van der Waals surface area contributed by atoms with Gasteiger partial charge in [0.15, 0.2) is 0 Å². The van der Waals surface area contributed by atoms with E-state index >= 15 is 0 Å². The molecule has 0 bridgehead atoms. The van der Waals surface area contributed by atoms with E-state index in [-0.39, 0.29) is 0 Å². The molecule has 19 heavy (non-hydrogen) atoms. The lowest BCUT2D eigenvalue weighted by Gasteiger charge is -2.31. The molecule has 0 atom stereocenters. The van der Waals surface area contributed by atoms with E-state index in [4.69, 9.17) is 0 Å². The molecule has 0 unspecified atom stereocenters. The van der Waals surface area contributed by atoms with E-state index in [1.807, 2.05) is 7.05 Å². The molecule has 3 rings (SSSR count). The molecule has 0 saturated heterocycles. The topological polar surface area (TPSA) is 41.1 Å². The Hall–Kier alpha value is -2.10. The number of hydrogen-bond donors (Lipinski definition) is 1. The number of fused-ring (bicyclic) bond motifs is 1. The van der Waals surface area contributed by atoms with Gasteiger partial charge in [0, 0.05) is 24.8 Å². The second-order valence-electron chi connectivity index (χ2n) is 4.80. The summed E-state index contributed by atoms with van der Waals surface area (Å²) >= 11 is 0. The highest BCUT2D eigenvalue weighted by Crippen LogP contribution is 2.34. The van der Waals surface area contributed by atoms with E-state index in [9.17, 15) is 0 Å². The fourth-order valence-corrected chi connectivity index (χ4v) is 2.72. The third-order valence-corrected chi connectivity index (χ3v) is 3.66. The first kappa shape index (κ1) is 12.0. The largest absolute Gasteiger partial charge is 0.373 e.